The minimum Gasteiger partial charge on any atom is -0.508 e. The number of nitrogens with zero attached hydrogens (tertiary/aromatic N) is 1. The van der Waals surface area contributed by atoms with Crippen LogP contribution in [-0.2, 0) is 0 Å². The number of benzene rings is 1. The second-order valence-corrected chi connectivity index (χ2v) is 5.20. The van der Waals surface area contributed by atoms with E-state index >= 15 is 0 Å². The highest BCUT2D eigenvalue weighted by molar-refractivity contribution is 5.95. The van der Waals surface area contributed by atoms with Crippen molar-refractivity contribution in [3.05, 3.63) is 29.3 Å². The number of hydrogen-bond donors (Lipinski definition) is 1. The van der Waals surface area contributed by atoms with Crippen molar-refractivity contribution in [2.45, 2.75) is 52.1 Å². The molecule has 0 aliphatic carbocycles. The van der Waals surface area contributed by atoms with Gasteiger partial charge in [-0.25, -0.2) is 0 Å². The summed E-state index contributed by atoms with van der Waals surface area (Å²) >= 11 is 0. The van der Waals surface area contributed by atoms with E-state index in [1.54, 1.807) is 18.2 Å². The maximum Gasteiger partial charge on any atom is 0.254 e. The summed E-state index contributed by atoms with van der Waals surface area (Å²) in [5.74, 6) is 0.239. The van der Waals surface area contributed by atoms with Crippen LogP contribution in [0.3, 0.4) is 0 Å². The van der Waals surface area contributed by atoms with Crippen molar-refractivity contribution in [1.29, 1.82) is 0 Å². The van der Waals surface area contributed by atoms with Crippen LogP contribution in [0.5, 0.6) is 5.75 Å². The number of phenols is 1. The molecule has 2 unspecified atom stereocenters. The first kappa shape index (κ1) is 12.9. The van der Waals surface area contributed by atoms with Crippen molar-refractivity contribution >= 4 is 5.91 Å². The number of aromatic hydroxyl groups is 1. The van der Waals surface area contributed by atoms with Gasteiger partial charge in [-0.2, -0.15) is 0 Å². The van der Waals surface area contributed by atoms with Crippen LogP contribution in [0.2, 0.25) is 0 Å². The maximum atomic E-state index is 12.5. The zero-order chi connectivity index (χ0) is 13.3. The third-order valence-corrected chi connectivity index (χ3v) is 3.95. The second-order valence-electron chi connectivity index (χ2n) is 5.20. The van der Waals surface area contributed by atoms with E-state index in [1.165, 1.54) is 0 Å². The van der Waals surface area contributed by atoms with Gasteiger partial charge < -0.3 is 10.0 Å². The number of hydrogen-bond acceptors (Lipinski definition) is 2. The summed E-state index contributed by atoms with van der Waals surface area (Å²) in [4.78, 5) is 14.5. The molecule has 3 heteroatoms. The van der Waals surface area contributed by atoms with Gasteiger partial charge >= 0.3 is 0 Å². The summed E-state index contributed by atoms with van der Waals surface area (Å²) in [5, 5.41) is 9.71. The zero-order valence-electron chi connectivity index (χ0n) is 11.3. The molecule has 1 aliphatic heterocycles. The Morgan fingerprint density at radius 2 is 2.17 bits per heavy atom. The lowest BCUT2D eigenvalue weighted by atomic mass is 10.1. The van der Waals surface area contributed by atoms with Gasteiger partial charge in [-0.15, -0.1) is 0 Å². The van der Waals surface area contributed by atoms with Crippen LogP contribution in [0.4, 0.5) is 0 Å². The largest absolute Gasteiger partial charge is 0.508 e. The number of amides is 1. The molecule has 1 amide bonds. The average Bonchev–Trinajstić information content (AvgIpc) is 2.73. The quantitative estimate of drug-likeness (QED) is 0.872. The predicted octanol–water partition coefficient (Wildman–Crippen LogP) is 3.10. The van der Waals surface area contributed by atoms with Crippen molar-refractivity contribution in [3.63, 3.8) is 0 Å². The lowest BCUT2D eigenvalue weighted by Gasteiger charge is -2.28. The Bertz CT molecular complexity index is 456. The summed E-state index contributed by atoms with van der Waals surface area (Å²) in [6.07, 6.45) is 3.15. The molecule has 1 aromatic carbocycles. The first-order chi connectivity index (χ1) is 8.54. The Kier molecular flexibility index (Phi) is 3.60. The van der Waals surface area contributed by atoms with Crippen LogP contribution in [0.15, 0.2) is 18.2 Å². The van der Waals surface area contributed by atoms with Gasteiger partial charge in [0.15, 0.2) is 0 Å². The predicted molar refractivity (Wildman–Crippen MR) is 71.8 cm³/mol. The highest BCUT2D eigenvalue weighted by Gasteiger charge is 2.33. The Morgan fingerprint density at radius 3 is 2.78 bits per heavy atom. The van der Waals surface area contributed by atoms with Crippen LogP contribution in [0.25, 0.3) is 0 Å². The lowest BCUT2D eigenvalue weighted by Crippen LogP contribution is -2.39. The van der Waals surface area contributed by atoms with Gasteiger partial charge in [0.2, 0.25) is 0 Å². The molecule has 1 saturated heterocycles. The summed E-state index contributed by atoms with van der Waals surface area (Å²) in [6, 6.07) is 5.82. The van der Waals surface area contributed by atoms with E-state index in [0.29, 0.717) is 17.6 Å². The van der Waals surface area contributed by atoms with Crippen molar-refractivity contribution in [1.82, 2.24) is 4.90 Å². The molecule has 1 aliphatic rings. The Balaban J connectivity index is 2.27. The lowest BCUT2D eigenvalue weighted by molar-refractivity contribution is 0.0676. The Hall–Kier alpha value is -1.51. The smallest absolute Gasteiger partial charge is 0.254 e. The van der Waals surface area contributed by atoms with Crippen LogP contribution in [-0.4, -0.2) is 28.0 Å². The zero-order valence-corrected chi connectivity index (χ0v) is 11.3. The van der Waals surface area contributed by atoms with Crippen molar-refractivity contribution in [2.24, 2.45) is 0 Å². The molecular formula is C15H21NO2. The molecule has 2 rings (SSSR count). The van der Waals surface area contributed by atoms with Crippen LogP contribution in [0, 0.1) is 6.92 Å². The molecular weight excluding hydrogens is 226 g/mol. The molecule has 0 spiro atoms. The molecule has 18 heavy (non-hydrogen) atoms. The number of carbonyl (C=O) groups is 1. The van der Waals surface area contributed by atoms with Gasteiger partial charge in [0.1, 0.15) is 5.75 Å². The van der Waals surface area contributed by atoms with Crippen molar-refractivity contribution in [2.75, 3.05) is 0 Å². The first-order valence-corrected chi connectivity index (χ1v) is 6.66. The van der Waals surface area contributed by atoms with Gasteiger partial charge in [0, 0.05) is 17.6 Å². The summed E-state index contributed by atoms with van der Waals surface area (Å²) in [5.41, 5.74) is 1.39. The number of rotatable bonds is 2. The second kappa shape index (κ2) is 5.01. The molecule has 0 radical (unpaired) electrons. The molecule has 2 atom stereocenters. The average molecular weight is 247 g/mol. The highest BCUT2D eigenvalue weighted by Crippen LogP contribution is 2.29. The minimum absolute atomic E-state index is 0.0437. The Labute approximate surface area is 108 Å². The van der Waals surface area contributed by atoms with Gasteiger partial charge in [-0.1, -0.05) is 13.0 Å². The molecule has 1 N–H and O–H groups in total. The van der Waals surface area contributed by atoms with Gasteiger partial charge in [0.05, 0.1) is 0 Å². The van der Waals surface area contributed by atoms with Gasteiger partial charge in [-0.05, 0) is 50.8 Å². The van der Waals surface area contributed by atoms with E-state index in [9.17, 15) is 9.90 Å². The monoisotopic (exact) mass is 247 g/mol. The van der Waals surface area contributed by atoms with E-state index < -0.39 is 0 Å². The molecule has 1 fully saturated rings. The van der Waals surface area contributed by atoms with Gasteiger partial charge in [0.25, 0.3) is 5.91 Å². The summed E-state index contributed by atoms with van der Waals surface area (Å²) in [7, 11) is 0. The van der Waals surface area contributed by atoms with Crippen molar-refractivity contribution in [3.8, 4) is 5.75 Å². The molecule has 0 bridgehead atoms. The number of aryl methyl sites for hydroxylation is 1. The minimum atomic E-state index is 0.0437. The van der Waals surface area contributed by atoms with Crippen LogP contribution < -0.4 is 0 Å². The molecule has 1 heterocycles. The third kappa shape index (κ3) is 2.22. The fourth-order valence-electron chi connectivity index (χ4n) is 2.73. The number of phenolic OH excluding ortho intramolecular Hbond substituents is 1. The van der Waals surface area contributed by atoms with E-state index in [-0.39, 0.29) is 11.7 Å². The highest BCUT2D eigenvalue weighted by atomic mass is 16.3. The Morgan fingerprint density at radius 1 is 1.44 bits per heavy atom. The van der Waals surface area contributed by atoms with E-state index in [2.05, 4.69) is 13.8 Å². The summed E-state index contributed by atoms with van der Waals surface area (Å²) < 4.78 is 0. The summed E-state index contributed by atoms with van der Waals surface area (Å²) in [6.45, 7) is 6.05. The number of likely N-dealkylation sites (tertiary alicyclic amines) is 1. The van der Waals surface area contributed by atoms with E-state index in [1.807, 2.05) is 11.8 Å². The SMILES string of the molecule is CCC1CCC(C)N1C(=O)c1ccc(C)c(O)c1. The molecule has 0 aromatic heterocycles. The number of carbonyl (C=O) groups excluding carboxylic acids is 1. The van der Waals surface area contributed by atoms with E-state index in [4.69, 9.17) is 0 Å². The maximum absolute atomic E-state index is 12.5. The molecule has 3 nitrogen and oxygen atoms in total. The van der Waals surface area contributed by atoms with Crippen LogP contribution in [0.1, 0.15) is 49.0 Å². The van der Waals surface area contributed by atoms with Gasteiger partial charge in [-0.3, -0.25) is 4.79 Å². The van der Waals surface area contributed by atoms with Crippen LogP contribution >= 0.6 is 0 Å². The molecule has 98 valence electrons. The normalized spacial score (nSPS) is 23.4. The standard InChI is InChI=1S/C15H21NO2/c1-4-13-8-6-11(3)16(13)15(18)12-7-5-10(2)14(17)9-12/h5,7,9,11,13,17H,4,6,8H2,1-3H3. The topological polar surface area (TPSA) is 40.5 Å². The molecule has 1 aromatic rings. The van der Waals surface area contributed by atoms with E-state index in [0.717, 1.165) is 24.8 Å². The van der Waals surface area contributed by atoms with Crippen molar-refractivity contribution < 1.29 is 9.90 Å². The molecule has 0 saturated carbocycles. The third-order valence-electron chi connectivity index (χ3n) is 3.95. The first-order valence-electron chi connectivity index (χ1n) is 6.66. The fraction of sp³-hybridized carbons (Fsp3) is 0.533. The fourth-order valence-corrected chi connectivity index (χ4v) is 2.73.